The van der Waals surface area contributed by atoms with Crippen LogP contribution in [0.2, 0.25) is 0 Å². The Morgan fingerprint density at radius 1 is 0.897 bits per heavy atom. The average molecular weight is 408 g/mol. The first kappa shape index (κ1) is 19.4. The molecule has 0 N–H and O–H groups in total. The number of aromatic nitrogens is 1. The van der Waals surface area contributed by atoms with Crippen molar-refractivity contribution in [1.82, 2.24) is 3.97 Å². The number of para-hydroxylation sites is 1. The van der Waals surface area contributed by atoms with Crippen molar-refractivity contribution in [3.63, 3.8) is 0 Å². The summed E-state index contributed by atoms with van der Waals surface area (Å²) in [6, 6.07) is 22.8. The highest BCUT2D eigenvalue weighted by atomic mass is 32.2. The third kappa shape index (κ3) is 3.58. The van der Waals surface area contributed by atoms with Crippen LogP contribution < -0.4 is 0 Å². The van der Waals surface area contributed by atoms with Gasteiger partial charge in [-0.3, -0.25) is 0 Å². The van der Waals surface area contributed by atoms with Crippen LogP contribution in [-0.2, 0) is 16.4 Å². The smallest absolute Gasteiger partial charge is 0.238 e. The summed E-state index contributed by atoms with van der Waals surface area (Å²) in [4.78, 5) is -0.322. The maximum Gasteiger partial charge on any atom is 0.271 e. The Bertz CT molecular complexity index is 1270. The maximum atomic E-state index is 14.4. The number of benzene rings is 3. The molecule has 3 aromatic carbocycles. The molecule has 0 radical (unpaired) electrons. The van der Waals surface area contributed by atoms with E-state index in [1.54, 1.807) is 12.1 Å². The maximum absolute atomic E-state index is 14.4. The van der Waals surface area contributed by atoms with Crippen LogP contribution in [0.25, 0.3) is 10.9 Å². The van der Waals surface area contributed by atoms with Crippen LogP contribution in [0.5, 0.6) is 0 Å². The zero-order valence-corrected chi connectivity index (χ0v) is 17.2. The number of rotatable bonds is 5. The third-order valence-electron chi connectivity index (χ3n) is 5.13. The van der Waals surface area contributed by atoms with Gasteiger partial charge in [0.25, 0.3) is 10.0 Å². The lowest BCUT2D eigenvalue weighted by Crippen LogP contribution is -2.17. The normalized spacial score (nSPS) is 12.0. The molecule has 0 amide bonds. The van der Waals surface area contributed by atoms with Gasteiger partial charge in [0.1, 0.15) is 10.7 Å². The van der Waals surface area contributed by atoms with Gasteiger partial charge >= 0.3 is 0 Å². The molecule has 4 aromatic rings. The molecular weight excluding hydrogens is 385 g/mol. The fraction of sp³-hybridized carbons (Fsp3) is 0.167. The minimum Gasteiger partial charge on any atom is -0.238 e. The fourth-order valence-electron chi connectivity index (χ4n) is 3.58. The zero-order chi connectivity index (χ0) is 20.6. The quantitative estimate of drug-likeness (QED) is 0.424. The molecule has 0 fully saturated rings. The van der Waals surface area contributed by atoms with E-state index in [1.165, 1.54) is 33.8 Å². The van der Waals surface area contributed by atoms with Crippen molar-refractivity contribution < 1.29 is 12.8 Å². The van der Waals surface area contributed by atoms with Gasteiger partial charge in [0.2, 0.25) is 0 Å². The molecule has 0 bridgehead atoms. The van der Waals surface area contributed by atoms with Gasteiger partial charge in [-0.1, -0.05) is 68.4 Å². The summed E-state index contributed by atoms with van der Waals surface area (Å²) in [5.74, 6) is -0.325. The van der Waals surface area contributed by atoms with Gasteiger partial charge in [-0.2, -0.15) is 0 Å². The second-order valence-corrected chi connectivity index (χ2v) is 9.22. The summed E-state index contributed by atoms with van der Waals surface area (Å²) in [7, 11) is -4.08. The molecule has 0 aliphatic heterocycles. The van der Waals surface area contributed by atoms with Gasteiger partial charge in [0, 0.05) is 17.5 Å². The van der Waals surface area contributed by atoms with E-state index in [-0.39, 0.29) is 4.90 Å². The van der Waals surface area contributed by atoms with Gasteiger partial charge in [0.05, 0.1) is 5.52 Å². The SMILES string of the molecule is CC(C)c1ccc(Cc2cc3ccccc3n2S(=O)(=O)c2ccccc2F)cc1. The van der Waals surface area contributed by atoms with E-state index in [1.807, 2.05) is 30.3 Å². The highest BCUT2D eigenvalue weighted by Gasteiger charge is 2.25. The largest absolute Gasteiger partial charge is 0.271 e. The Kier molecular flexibility index (Phi) is 5.01. The van der Waals surface area contributed by atoms with Crippen LogP contribution in [0.1, 0.15) is 36.6 Å². The second kappa shape index (κ2) is 7.48. The molecule has 29 heavy (non-hydrogen) atoms. The highest BCUT2D eigenvalue weighted by Crippen LogP contribution is 2.28. The van der Waals surface area contributed by atoms with Crippen molar-refractivity contribution in [3.8, 4) is 0 Å². The van der Waals surface area contributed by atoms with E-state index in [0.29, 0.717) is 23.5 Å². The molecule has 148 valence electrons. The van der Waals surface area contributed by atoms with Gasteiger partial charge in [-0.25, -0.2) is 16.8 Å². The number of hydrogen-bond acceptors (Lipinski definition) is 2. The molecule has 0 atom stereocenters. The summed E-state index contributed by atoms with van der Waals surface area (Å²) in [5.41, 5.74) is 3.38. The Labute approximate surface area is 170 Å². The molecule has 1 heterocycles. The molecule has 0 saturated heterocycles. The van der Waals surface area contributed by atoms with Crippen molar-refractivity contribution in [2.45, 2.75) is 31.1 Å². The van der Waals surface area contributed by atoms with Crippen LogP contribution in [0.3, 0.4) is 0 Å². The number of fused-ring (bicyclic) bond motifs is 1. The van der Waals surface area contributed by atoms with E-state index in [0.717, 1.165) is 10.9 Å². The molecule has 0 aliphatic rings. The molecule has 5 heteroatoms. The summed E-state index contributed by atoms with van der Waals surface area (Å²) in [6.45, 7) is 4.27. The molecule has 3 nitrogen and oxygen atoms in total. The summed E-state index contributed by atoms with van der Waals surface area (Å²) in [6.07, 6.45) is 0.431. The number of nitrogens with zero attached hydrogens (tertiary/aromatic N) is 1. The van der Waals surface area contributed by atoms with E-state index in [2.05, 4.69) is 26.0 Å². The fourth-order valence-corrected chi connectivity index (χ4v) is 5.19. The first-order valence-electron chi connectivity index (χ1n) is 9.56. The lowest BCUT2D eigenvalue weighted by molar-refractivity contribution is 0.561. The molecule has 0 unspecified atom stereocenters. The Morgan fingerprint density at radius 2 is 1.55 bits per heavy atom. The van der Waals surface area contributed by atoms with Crippen LogP contribution in [0.15, 0.2) is 83.8 Å². The minimum atomic E-state index is -4.08. The Balaban J connectivity index is 1.86. The summed E-state index contributed by atoms with van der Waals surface area (Å²) in [5, 5.41) is 0.807. The zero-order valence-electron chi connectivity index (χ0n) is 16.3. The molecule has 0 saturated carbocycles. The predicted octanol–water partition coefficient (Wildman–Crippen LogP) is 5.73. The van der Waals surface area contributed by atoms with E-state index in [4.69, 9.17) is 0 Å². The molecule has 0 spiro atoms. The van der Waals surface area contributed by atoms with Crippen LogP contribution in [0.4, 0.5) is 4.39 Å². The number of halogens is 1. The van der Waals surface area contributed by atoms with E-state index in [9.17, 15) is 12.8 Å². The van der Waals surface area contributed by atoms with Crippen molar-refractivity contribution in [1.29, 1.82) is 0 Å². The average Bonchev–Trinajstić information content (AvgIpc) is 3.07. The number of hydrogen-bond donors (Lipinski definition) is 0. The van der Waals surface area contributed by atoms with Crippen LogP contribution in [0, 0.1) is 5.82 Å². The topological polar surface area (TPSA) is 39.1 Å². The van der Waals surface area contributed by atoms with Crippen LogP contribution in [-0.4, -0.2) is 12.4 Å². The summed E-state index contributed by atoms with van der Waals surface area (Å²) < 4.78 is 42.5. The molecular formula is C24H22FNO2S. The highest BCUT2D eigenvalue weighted by molar-refractivity contribution is 7.90. The van der Waals surface area contributed by atoms with Crippen LogP contribution >= 0.6 is 0 Å². The van der Waals surface area contributed by atoms with Crippen molar-refractivity contribution >= 4 is 20.9 Å². The molecule has 1 aromatic heterocycles. The van der Waals surface area contributed by atoms with E-state index >= 15 is 0 Å². The molecule has 4 rings (SSSR count). The standard InChI is InChI=1S/C24H22FNO2S/c1-17(2)19-13-11-18(12-14-19)15-21-16-20-7-3-5-9-23(20)26(21)29(27,28)24-10-6-4-8-22(24)25/h3-14,16-17H,15H2,1-2H3. The van der Waals surface area contributed by atoms with E-state index < -0.39 is 15.8 Å². The monoisotopic (exact) mass is 407 g/mol. The minimum absolute atomic E-state index is 0.322. The second-order valence-electron chi connectivity index (χ2n) is 7.47. The van der Waals surface area contributed by atoms with Crippen molar-refractivity contribution in [2.24, 2.45) is 0 Å². The third-order valence-corrected chi connectivity index (χ3v) is 6.92. The lowest BCUT2D eigenvalue weighted by Gasteiger charge is -2.13. The van der Waals surface area contributed by atoms with Gasteiger partial charge in [-0.05, 0) is 41.3 Å². The van der Waals surface area contributed by atoms with Gasteiger partial charge in [0.15, 0.2) is 0 Å². The Morgan fingerprint density at radius 3 is 2.24 bits per heavy atom. The van der Waals surface area contributed by atoms with Gasteiger partial charge < -0.3 is 0 Å². The summed E-state index contributed by atoms with van der Waals surface area (Å²) >= 11 is 0. The van der Waals surface area contributed by atoms with Crippen molar-refractivity contribution in [3.05, 3.63) is 102 Å². The lowest BCUT2D eigenvalue weighted by atomic mass is 10.0. The first-order chi connectivity index (χ1) is 13.9. The first-order valence-corrected chi connectivity index (χ1v) is 11.0. The predicted molar refractivity (Wildman–Crippen MR) is 114 cm³/mol. The van der Waals surface area contributed by atoms with Crippen molar-refractivity contribution in [2.75, 3.05) is 0 Å². The molecule has 0 aliphatic carbocycles. The van der Waals surface area contributed by atoms with Gasteiger partial charge in [-0.15, -0.1) is 0 Å². The Hall–Kier alpha value is -2.92.